The molecule has 20 heavy (non-hydrogen) atoms. The first-order valence-electron chi connectivity index (χ1n) is 7.49. The number of hydrogen-bond acceptors (Lipinski definition) is 3. The lowest BCUT2D eigenvalue weighted by Crippen LogP contribution is -2.33. The molecule has 0 aliphatic carbocycles. The molecule has 0 aromatic heterocycles. The topological polar surface area (TPSA) is 44.4 Å². The molecule has 0 saturated carbocycles. The van der Waals surface area contributed by atoms with Crippen molar-refractivity contribution in [3.63, 3.8) is 0 Å². The Morgan fingerprint density at radius 1 is 1.40 bits per heavy atom. The van der Waals surface area contributed by atoms with Gasteiger partial charge in [0.25, 0.3) is 0 Å². The van der Waals surface area contributed by atoms with E-state index in [0.29, 0.717) is 18.9 Å². The largest absolute Gasteiger partial charge is 0.373 e. The molecule has 2 rings (SSSR count). The third-order valence-electron chi connectivity index (χ3n) is 3.91. The Kier molecular flexibility index (Phi) is 5.87. The third-order valence-corrected chi connectivity index (χ3v) is 3.91. The van der Waals surface area contributed by atoms with Gasteiger partial charge >= 0.3 is 0 Å². The van der Waals surface area contributed by atoms with Crippen LogP contribution in [0.25, 0.3) is 0 Å². The molecule has 0 bridgehead atoms. The molecule has 1 amide bonds. The maximum absolute atomic E-state index is 11.8. The van der Waals surface area contributed by atoms with Crippen molar-refractivity contribution in [1.29, 1.82) is 0 Å². The van der Waals surface area contributed by atoms with Gasteiger partial charge in [-0.2, -0.15) is 0 Å². The summed E-state index contributed by atoms with van der Waals surface area (Å²) in [4.78, 5) is 13.9. The second-order valence-corrected chi connectivity index (χ2v) is 5.50. The van der Waals surface area contributed by atoms with E-state index in [1.807, 2.05) is 25.2 Å². The smallest absolute Gasteiger partial charge is 0.220 e. The lowest BCUT2D eigenvalue weighted by molar-refractivity contribution is -0.121. The zero-order valence-electron chi connectivity index (χ0n) is 12.3. The van der Waals surface area contributed by atoms with Crippen molar-refractivity contribution in [2.45, 2.75) is 19.3 Å². The SMILES string of the molecule is CN(CCNC(=O)CCC1CCNC1)c1ccccc1. The van der Waals surface area contributed by atoms with Gasteiger partial charge in [0.1, 0.15) is 0 Å². The zero-order valence-corrected chi connectivity index (χ0v) is 12.3. The fourth-order valence-electron chi connectivity index (χ4n) is 2.56. The number of para-hydroxylation sites is 1. The maximum Gasteiger partial charge on any atom is 0.220 e. The van der Waals surface area contributed by atoms with Crippen LogP contribution in [0.1, 0.15) is 19.3 Å². The molecule has 1 unspecified atom stereocenters. The van der Waals surface area contributed by atoms with Gasteiger partial charge in [-0.3, -0.25) is 4.79 Å². The van der Waals surface area contributed by atoms with Crippen LogP contribution in [0.5, 0.6) is 0 Å². The quantitative estimate of drug-likeness (QED) is 0.795. The minimum atomic E-state index is 0.179. The van der Waals surface area contributed by atoms with E-state index in [1.54, 1.807) is 0 Å². The second kappa shape index (κ2) is 7.90. The molecule has 1 atom stereocenters. The van der Waals surface area contributed by atoms with Crippen LogP contribution in [0.4, 0.5) is 5.69 Å². The number of nitrogens with zero attached hydrogens (tertiary/aromatic N) is 1. The average molecular weight is 275 g/mol. The number of benzene rings is 1. The number of carbonyl (C=O) groups is 1. The molecular weight excluding hydrogens is 250 g/mol. The number of hydrogen-bond donors (Lipinski definition) is 2. The first kappa shape index (κ1) is 14.9. The summed E-state index contributed by atoms with van der Waals surface area (Å²) in [6.45, 7) is 3.71. The van der Waals surface area contributed by atoms with E-state index in [9.17, 15) is 4.79 Å². The molecule has 0 radical (unpaired) electrons. The van der Waals surface area contributed by atoms with Gasteiger partial charge in [-0.15, -0.1) is 0 Å². The number of anilines is 1. The molecule has 4 nitrogen and oxygen atoms in total. The van der Waals surface area contributed by atoms with Gasteiger partial charge in [0, 0.05) is 32.2 Å². The molecule has 1 saturated heterocycles. The lowest BCUT2D eigenvalue weighted by Gasteiger charge is -2.19. The summed E-state index contributed by atoms with van der Waals surface area (Å²) < 4.78 is 0. The summed E-state index contributed by atoms with van der Waals surface area (Å²) >= 11 is 0. The van der Waals surface area contributed by atoms with Crippen molar-refractivity contribution < 1.29 is 4.79 Å². The normalized spacial score (nSPS) is 17.9. The first-order valence-corrected chi connectivity index (χ1v) is 7.49. The molecule has 0 spiro atoms. The van der Waals surface area contributed by atoms with E-state index >= 15 is 0 Å². The van der Waals surface area contributed by atoms with E-state index < -0.39 is 0 Å². The highest BCUT2D eigenvalue weighted by atomic mass is 16.1. The van der Waals surface area contributed by atoms with E-state index in [2.05, 4.69) is 27.7 Å². The number of amides is 1. The van der Waals surface area contributed by atoms with Crippen molar-refractivity contribution >= 4 is 11.6 Å². The average Bonchev–Trinajstić information content (AvgIpc) is 2.99. The predicted molar refractivity (Wildman–Crippen MR) is 82.9 cm³/mol. The summed E-state index contributed by atoms with van der Waals surface area (Å²) in [5.74, 6) is 0.867. The summed E-state index contributed by atoms with van der Waals surface area (Å²) in [6.07, 6.45) is 2.87. The highest BCUT2D eigenvalue weighted by Gasteiger charge is 2.15. The van der Waals surface area contributed by atoms with Crippen LogP contribution in [0.2, 0.25) is 0 Å². The first-order chi connectivity index (χ1) is 9.75. The number of nitrogens with one attached hydrogen (secondary N) is 2. The van der Waals surface area contributed by atoms with Crippen LogP contribution in [0.15, 0.2) is 30.3 Å². The van der Waals surface area contributed by atoms with Gasteiger partial charge in [0.05, 0.1) is 0 Å². The van der Waals surface area contributed by atoms with Crippen molar-refractivity contribution in [3.05, 3.63) is 30.3 Å². The van der Waals surface area contributed by atoms with Crippen molar-refractivity contribution in [3.8, 4) is 0 Å². The maximum atomic E-state index is 11.8. The van der Waals surface area contributed by atoms with Gasteiger partial charge in [-0.1, -0.05) is 18.2 Å². The highest BCUT2D eigenvalue weighted by Crippen LogP contribution is 2.14. The van der Waals surface area contributed by atoms with Crippen molar-refractivity contribution in [1.82, 2.24) is 10.6 Å². The Balaban J connectivity index is 1.59. The Labute approximate surface area is 121 Å². The van der Waals surface area contributed by atoms with Crippen LogP contribution in [-0.4, -0.2) is 39.1 Å². The van der Waals surface area contributed by atoms with Gasteiger partial charge in [-0.05, 0) is 44.0 Å². The summed E-state index contributed by atoms with van der Waals surface area (Å²) in [5.41, 5.74) is 1.18. The van der Waals surface area contributed by atoms with Crippen LogP contribution in [-0.2, 0) is 4.79 Å². The van der Waals surface area contributed by atoms with Gasteiger partial charge in [0.2, 0.25) is 5.91 Å². The van der Waals surface area contributed by atoms with E-state index in [1.165, 1.54) is 12.1 Å². The minimum absolute atomic E-state index is 0.179. The zero-order chi connectivity index (χ0) is 14.2. The monoisotopic (exact) mass is 275 g/mol. The molecule has 1 heterocycles. The van der Waals surface area contributed by atoms with Gasteiger partial charge in [-0.25, -0.2) is 0 Å². The van der Waals surface area contributed by atoms with Gasteiger partial charge < -0.3 is 15.5 Å². The highest BCUT2D eigenvalue weighted by molar-refractivity contribution is 5.75. The molecule has 2 N–H and O–H groups in total. The van der Waals surface area contributed by atoms with E-state index in [4.69, 9.17) is 0 Å². The summed E-state index contributed by atoms with van der Waals surface area (Å²) in [5, 5.41) is 6.34. The Bertz CT molecular complexity index is 401. The third kappa shape index (κ3) is 4.85. The number of carbonyl (C=O) groups excluding carboxylic acids is 1. The van der Waals surface area contributed by atoms with Gasteiger partial charge in [0.15, 0.2) is 0 Å². The molecule has 1 aliphatic rings. The molecule has 4 heteroatoms. The fourth-order valence-corrected chi connectivity index (χ4v) is 2.56. The summed E-state index contributed by atoms with van der Waals surface area (Å²) in [7, 11) is 2.05. The van der Waals surface area contributed by atoms with Crippen molar-refractivity contribution in [2.75, 3.05) is 38.1 Å². The van der Waals surface area contributed by atoms with E-state index in [0.717, 1.165) is 26.1 Å². The van der Waals surface area contributed by atoms with Crippen LogP contribution >= 0.6 is 0 Å². The predicted octanol–water partition coefficient (Wildman–Crippen LogP) is 1.63. The van der Waals surface area contributed by atoms with E-state index in [-0.39, 0.29) is 5.91 Å². The van der Waals surface area contributed by atoms with Crippen LogP contribution in [0.3, 0.4) is 0 Å². The number of likely N-dealkylation sites (N-methyl/N-ethyl adjacent to an activating group) is 1. The fraction of sp³-hybridized carbons (Fsp3) is 0.562. The molecular formula is C16H25N3O. The molecule has 1 fully saturated rings. The Morgan fingerprint density at radius 3 is 2.90 bits per heavy atom. The molecule has 1 aromatic carbocycles. The van der Waals surface area contributed by atoms with Crippen LogP contribution < -0.4 is 15.5 Å². The molecule has 1 aliphatic heterocycles. The number of rotatable bonds is 7. The minimum Gasteiger partial charge on any atom is -0.373 e. The lowest BCUT2D eigenvalue weighted by atomic mass is 10.0. The summed E-state index contributed by atoms with van der Waals surface area (Å²) in [6, 6.07) is 10.2. The van der Waals surface area contributed by atoms with Crippen molar-refractivity contribution in [2.24, 2.45) is 5.92 Å². The second-order valence-electron chi connectivity index (χ2n) is 5.50. The van der Waals surface area contributed by atoms with Crippen LogP contribution in [0, 0.1) is 5.92 Å². The molecule has 110 valence electrons. The Morgan fingerprint density at radius 2 is 2.20 bits per heavy atom. The molecule has 1 aromatic rings. The standard InChI is InChI=1S/C16H25N3O/c1-19(15-5-3-2-4-6-15)12-11-18-16(20)8-7-14-9-10-17-13-14/h2-6,14,17H,7-13H2,1H3,(H,18,20). The Hall–Kier alpha value is -1.55.